The first-order valence-electron chi connectivity index (χ1n) is 10.9. The van der Waals surface area contributed by atoms with E-state index in [2.05, 4.69) is 35.2 Å². The average Bonchev–Trinajstić information content (AvgIpc) is 3.40. The minimum Gasteiger partial charge on any atom is -0.381 e. The Hall–Kier alpha value is -2.50. The number of amides is 1. The number of rotatable bonds is 8. The molecule has 2 heterocycles. The van der Waals surface area contributed by atoms with Gasteiger partial charge in [0.2, 0.25) is 5.91 Å². The Morgan fingerprint density at radius 2 is 2.10 bits per heavy atom. The number of aromatic nitrogens is 2. The molecule has 1 fully saturated rings. The molecule has 1 amide bonds. The van der Waals surface area contributed by atoms with Crippen LogP contribution in [-0.2, 0) is 9.53 Å². The molecule has 5 nitrogen and oxygen atoms in total. The molecule has 3 atom stereocenters. The van der Waals surface area contributed by atoms with Crippen molar-refractivity contribution in [3.05, 3.63) is 53.4 Å². The highest BCUT2D eigenvalue weighted by Gasteiger charge is 2.51. The van der Waals surface area contributed by atoms with Crippen LogP contribution >= 0.6 is 11.6 Å². The number of fused-ring (bicyclic) bond motifs is 1. The number of nitrogens with zero attached hydrogens (tertiary/aromatic N) is 2. The standard InChI is InChI=1S/C25H28ClN3O2/c1-4-5-8-31-14-21-16(3)24(21)25(30)29-23-11-18-9-17(10-22(26)20(18)13-28-23)19-12-27-7-6-15(19)2/h6-7,9-13,16,21,24H,4-5,8,14H2,1-3H3,(H,28,29,30)/t16?,21-,24-/m0/s1. The summed E-state index contributed by atoms with van der Waals surface area (Å²) in [5.41, 5.74) is 3.15. The lowest BCUT2D eigenvalue weighted by Crippen LogP contribution is -2.17. The Kier molecular flexibility index (Phi) is 6.54. The van der Waals surface area contributed by atoms with Crippen LogP contribution in [0.3, 0.4) is 0 Å². The van der Waals surface area contributed by atoms with Crippen LogP contribution in [0.15, 0.2) is 42.9 Å². The number of hydrogen-bond donors (Lipinski definition) is 1. The zero-order chi connectivity index (χ0) is 22.0. The van der Waals surface area contributed by atoms with Crippen molar-refractivity contribution in [3.8, 4) is 11.1 Å². The van der Waals surface area contributed by atoms with Crippen LogP contribution in [0.2, 0.25) is 5.02 Å². The summed E-state index contributed by atoms with van der Waals surface area (Å²) in [6.45, 7) is 7.71. The summed E-state index contributed by atoms with van der Waals surface area (Å²) in [5.74, 6) is 1.14. The predicted octanol–water partition coefficient (Wildman–Crippen LogP) is 5.90. The smallest absolute Gasteiger partial charge is 0.229 e. The highest BCUT2D eigenvalue weighted by Crippen LogP contribution is 2.46. The van der Waals surface area contributed by atoms with Gasteiger partial charge in [-0.15, -0.1) is 0 Å². The molecular weight excluding hydrogens is 410 g/mol. The van der Waals surface area contributed by atoms with E-state index in [-0.39, 0.29) is 17.7 Å². The van der Waals surface area contributed by atoms with Gasteiger partial charge >= 0.3 is 0 Å². The lowest BCUT2D eigenvalue weighted by Gasteiger charge is -2.10. The summed E-state index contributed by atoms with van der Waals surface area (Å²) < 4.78 is 5.72. The van der Waals surface area contributed by atoms with Crippen molar-refractivity contribution >= 4 is 34.1 Å². The normalized spacial score (nSPS) is 20.1. The summed E-state index contributed by atoms with van der Waals surface area (Å²) in [7, 11) is 0. The molecule has 31 heavy (non-hydrogen) atoms. The molecule has 0 saturated heterocycles. The lowest BCUT2D eigenvalue weighted by atomic mass is 10.0. The minimum absolute atomic E-state index is 0.00815. The van der Waals surface area contributed by atoms with Crippen molar-refractivity contribution in [1.29, 1.82) is 0 Å². The van der Waals surface area contributed by atoms with Gasteiger partial charge in [0.1, 0.15) is 5.82 Å². The average molecular weight is 438 g/mol. The number of carbonyl (C=O) groups is 1. The quantitative estimate of drug-likeness (QED) is 0.446. The van der Waals surface area contributed by atoms with E-state index in [4.69, 9.17) is 16.3 Å². The van der Waals surface area contributed by atoms with Gasteiger partial charge in [0.25, 0.3) is 0 Å². The van der Waals surface area contributed by atoms with E-state index in [1.54, 1.807) is 12.4 Å². The second-order valence-electron chi connectivity index (χ2n) is 8.41. The number of nitrogens with one attached hydrogen (secondary N) is 1. The van der Waals surface area contributed by atoms with Gasteiger partial charge in [-0.05, 0) is 66.0 Å². The highest BCUT2D eigenvalue weighted by atomic mass is 35.5. The maximum atomic E-state index is 12.8. The molecule has 3 aromatic rings. The van der Waals surface area contributed by atoms with Crippen LogP contribution in [0.1, 0.15) is 32.3 Å². The first-order valence-corrected chi connectivity index (χ1v) is 11.3. The SMILES string of the molecule is CCCCOC[C@H]1C(C)[C@@H]1C(=O)Nc1cc2cc(-c3cnccc3C)cc(Cl)c2cn1. The molecule has 1 unspecified atom stereocenters. The molecular formula is C25H28ClN3O2. The molecule has 1 N–H and O–H groups in total. The molecule has 0 aliphatic heterocycles. The largest absolute Gasteiger partial charge is 0.381 e. The zero-order valence-electron chi connectivity index (χ0n) is 18.2. The molecule has 1 aromatic carbocycles. The molecule has 6 heteroatoms. The van der Waals surface area contributed by atoms with E-state index >= 15 is 0 Å². The van der Waals surface area contributed by atoms with Crippen LogP contribution in [0.25, 0.3) is 21.9 Å². The number of aryl methyl sites for hydroxylation is 1. The first kappa shape index (κ1) is 21.7. The number of carbonyl (C=O) groups excluding carboxylic acids is 1. The van der Waals surface area contributed by atoms with Crippen molar-refractivity contribution < 1.29 is 9.53 Å². The molecule has 2 aromatic heterocycles. The van der Waals surface area contributed by atoms with E-state index in [1.807, 2.05) is 31.3 Å². The van der Waals surface area contributed by atoms with Gasteiger partial charge in [0, 0.05) is 42.1 Å². The summed E-state index contributed by atoms with van der Waals surface area (Å²) in [4.78, 5) is 21.4. The Labute approximate surface area is 188 Å². The second kappa shape index (κ2) is 9.33. The molecule has 1 aliphatic carbocycles. The van der Waals surface area contributed by atoms with Crippen LogP contribution in [-0.4, -0.2) is 29.1 Å². The van der Waals surface area contributed by atoms with Crippen LogP contribution in [0, 0.1) is 24.7 Å². The fraction of sp³-hybridized carbons (Fsp3) is 0.400. The lowest BCUT2D eigenvalue weighted by molar-refractivity contribution is -0.118. The Bertz CT molecular complexity index is 1100. The highest BCUT2D eigenvalue weighted by molar-refractivity contribution is 6.36. The van der Waals surface area contributed by atoms with E-state index in [0.717, 1.165) is 46.9 Å². The maximum absolute atomic E-state index is 12.8. The maximum Gasteiger partial charge on any atom is 0.229 e. The molecule has 1 aliphatic rings. The third kappa shape index (κ3) is 4.73. The number of pyridine rings is 2. The van der Waals surface area contributed by atoms with Crippen molar-refractivity contribution in [1.82, 2.24) is 9.97 Å². The number of ether oxygens (including phenoxy) is 1. The third-order valence-electron chi connectivity index (χ3n) is 6.21. The summed E-state index contributed by atoms with van der Waals surface area (Å²) in [5, 5.41) is 5.40. The third-order valence-corrected chi connectivity index (χ3v) is 6.52. The summed E-state index contributed by atoms with van der Waals surface area (Å²) >= 11 is 6.53. The fourth-order valence-corrected chi connectivity index (χ4v) is 4.39. The van der Waals surface area contributed by atoms with Crippen molar-refractivity contribution in [2.75, 3.05) is 18.5 Å². The predicted molar refractivity (Wildman–Crippen MR) is 125 cm³/mol. The number of anilines is 1. The van der Waals surface area contributed by atoms with Gasteiger partial charge in [-0.2, -0.15) is 0 Å². The second-order valence-corrected chi connectivity index (χ2v) is 8.81. The van der Waals surface area contributed by atoms with Gasteiger partial charge in [-0.1, -0.05) is 31.9 Å². The first-order chi connectivity index (χ1) is 15.0. The van der Waals surface area contributed by atoms with E-state index < -0.39 is 0 Å². The van der Waals surface area contributed by atoms with Crippen molar-refractivity contribution in [3.63, 3.8) is 0 Å². The van der Waals surface area contributed by atoms with Crippen LogP contribution < -0.4 is 5.32 Å². The van der Waals surface area contributed by atoms with Gasteiger partial charge in [-0.3, -0.25) is 9.78 Å². The van der Waals surface area contributed by atoms with Gasteiger partial charge in [0.05, 0.1) is 11.6 Å². The zero-order valence-corrected chi connectivity index (χ0v) is 18.9. The Balaban J connectivity index is 1.50. The molecule has 1 saturated carbocycles. The van der Waals surface area contributed by atoms with E-state index in [9.17, 15) is 4.79 Å². The van der Waals surface area contributed by atoms with Crippen LogP contribution in [0.5, 0.6) is 0 Å². The number of benzene rings is 1. The summed E-state index contributed by atoms with van der Waals surface area (Å²) in [6.07, 6.45) is 7.51. The topological polar surface area (TPSA) is 64.1 Å². The molecule has 162 valence electrons. The molecule has 0 radical (unpaired) electrons. The number of hydrogen-bond acceptors (Lipinski definition) is 4. The van der Waals surface area contributed by atoms with E-state index in [1.165, 1.54) is 0 Å². The van der Waals surface area contributed by atoms with Gasteiger partial charge in [0.15, 0.2) is 0 Å². The van der Waals surface area contributed by atoms with Crippen molar-refractivity contribution in [2.45, 2.75) is 33.6 Å². The number of halogens is 1. The Morgan fingerprint density at radius 1 is 1.26 bits per heavy atom. The van der Waals surface area contributed by atoms with Crippen LogP contribution in [0.4, 0.5) is 5.82 Å². The van der Waals surface area contributed by atoms with E-state index in [0.29, 0.717) is 23.4 Å². The van der Waals surface area contributed by atoms with Crippen molar-refractivity contribution in [2.24, 2.45) is 17.8 Å². The monoisotopic (exact) mass is 437 g/mol. The molecule has 0 bridgehead atoms. The van der Waals surface area contributed by atoms with Gasteiger partial charge in [-0.25, -0.2) is 4.98 Å². The number of unbranched alkanes of at least 4 members (excludes halogenated alkanes) is 1. The molecule has 0 spiro atoms. The fourth-order valence-electron chi connectivity index (χ4n) is 4.11. The minimum atomic E-state index is -0.0212. The molecule has 4 rings (SSSR count). The van der Waals surface area contributed by atoms with Gasteiger partial charge < -0.3 is 10.1 Å². The Morgan fingerprint density at radius 3 is 2.87 bits per heavy atom. The summed E-state index contributed by atoms with van der Waals surface area (Å²) in [6, 6.07) is 7.86.